The third-order valence-corrected chi connectivity index (χ3v) is 5.62. The van der Waals surface area contributed by atoms with Gasteiger partial charge in [-0.1, -0.05) is 34.1 Å². The highest BCUT2D eigenvalue weighted by atomic mass is 79.9. The molecular formula is C20H25BrN3O2+. The molecule has 6 heteroatoms. The van der Waals surface area contributed by atoms with Gasteiger partial charge < -0.3 is 19.9 Å². The van der Waals surface area contributed by atoms with Crippen LogP contribution in [0, 0.1) is 6.92 Å². The first kappa shape index (κ1) is 18.7. The van der Waals surface area contributed by atoms with Crippen LogP contribution >= 0.6 is 15.9 Å². The second-order valence-electron chi connectivity index (χ2n) is 6.60. The number of anilines is 2. The fourth-order valence-corrected chi connectivity index (χ4v) is 3.61. The summed E-state index contributed by atoms with van der Waals surface area (Å²) in [5, 5.41) is 3.00. The number of nitrogens with one attached hydrogen (secondary N) is 2. The van der Waals surface area contributed by atoms with Crippen molar-refractivity contribution < 1.29 is 14.4 Å². The van der Waals surface area contributed by atoms with Gasteiger partial charge in [0.05, 0.1) is 39.0 Å². The molecule has 2 N–H and O–H groups in total. The van der Waals surface area contributed by atoms with E-state index in [0.29, 0.717) is 6.54 Å². The monoisotopic (exact) mass is 418 g/mol. The Hall–Kier alpha value is -2.05. The molecule has 0 aromatic heterocycles. The molecule has 2 aromatic carbocycles. The summed E-state index contributed by atoms with van der Waals surface area (Å²) in [6.45, 7) is 6.22. The Morgan fingerprint density at radius 1 is 1.23 bits per heavy atom. The van der Waals surface area contributed by atoms with Crippen molar-refractivity contribution in [2.45, 2.75) is 6.92 Å². The second kappa shape index (κ2) is 8.56. The van der Waals surface area contributed by atoms with Gasteiger partial charge in [0.15, 0.2) is 6.54 Å². The van der Waals surface area contributed by atoms with Crippen LogP contribution < -0.4 is 19.9 Å². The van der Waals surface area contributed by atoms with Crippen molar-refractivity contribution in [2.75, 3.05) is 50.1 Å². The normalized spacial score (nSPS) is 15.0. The Balaban J connectivity index is 1.52. The fraction of sp³-hybridized carbons (Fsp3) is 0.350. The molecule has 1 fully saturated rings. The largest absolute Gasteiger partial charge is 0.495 e. The molecule has 0 spiro atoms. The van der Waals surface area contributed by atoms with Crippen LogP contribution in [0.2, 0.25) is 0 Å². The number of nitrogens with zero attached hydrogens (tertiary/aromatic N) is 1. The van der Waals surface area contributed by atoms with Crippen molar-refractivity contribution in [3.8, 4) is 5.75 Å². The van der Waals surface area contributed by atoms with E-state index >= 15 is 0 Å². The molecule has 2 aromatic rings. The van der Waals surface area contributed by atoms with E-state index in [2.05, 4.69) is 32.2 Å². The number of carbonyl (C=O) groups excluding carboxylic acids is 1. The first-order chi connectivity index (χ1) is 12.6. The van der Waals surface area contributed by atoms with E-state index in [-0.39, 0.29) is 5.91 Å². The van der Waals surface area contributed by atoms with E-state index in [1.807, 2.05) is 43.3 Å². The Bertz CT molecular complexity index is 773. The van der Waals surface area contributed by atoms with Gasteiger partial charge in [0.1, 0.15) is 5.75 Å². The number of ether oxygens (including phenoxy) is 1. The van der Waals surface area contributed by atoms with E-state index in [4.69, 9.17) is 4.74 Å². The van der Waals surface area contributed by atoms with E-state index in [1.54, 1.807) is 7.11 Å². The molecule has 0 radical (unpaired) electrons. The highest BCUT2D eigenvalue weighted by molar-refractivity contribution is 9.10. The van der Waals surface area contributed by atoms with Crippen molar-refractivity contribution in [3.63, 3.8) is 0 Å². The van der Waals surface area contributed by atoms with Gasteiger partial charge in [0.25, 0.3) is 5.91 Å². The molecule has 0 saturated carbocycles. The molecule has 1 saturated heterocycles. The predicted molar refractivity (Wildman–Crippen MR) is 108 cm³/mol. The first-order valence-electron chi connectivity index (χ1n) is 8.84. The molecule has 138 valence electrons. The lowest BCUT2D eigenvalue weighted by Crippen LogP contribution is -3.15. The molecule has 1 aliphatic rings. The van der Waals surface area contributed by atoms with E-state index < -0.39 is 0 Å². The maximum atomic E-state index is 12.3. The third kappa shape index (κ3) is 4.56. The second-order valence-corrected chi connectivity index (χ2v) is 7.45. The standard InChI is InChI=1S/C20H24BrN3O2/c1-15-7-8-16(13-17(15)21)22-20(25)14-23-9-11-24(12-10-23)18-5-3-4-6-19(18)26-2/h3-8,13H,9-12,14H2,1-2H3,(H,22,25)/p+1. The summed E-state index contributed by atoms with van der Waals surface area (Å²) >= 11 is 3.50. The number of hydrogen-bond acceptors (Lipinski definition) is 3. The van der Waals surface area contributed by atoms with E-state index in [9.17, 15) is 4.79 Å². The van der Waals surface area contributed by atoms with Crippen LogP contribution in [0.5, 0.6) is 5.75 Å². The summed E-state index contributed by atoms with van der Waals surface area (Å²) in [7, 11) is 1.70. The van der Waals surface area contributed by atoms with Crippen LogP contribution in [0.15, 0.2) is 46.9 Å². The van der Waals surface area contributed by atoms with Crippen LogP contribution in [0.4, 0.5) is 11.4 Å². The number of benzene rings is 2. The average Bonchev–Trinajstić information content (AvgIpc) is 2.65. The molecule has 0 bridgehead atoms. The van der Waals surface area contributed by atoms with Crippen LogP contribution in [-0.4, -0.2) is 45.7 Å². The zero-order valence-corrected chi connectivity index (χ0v) is 16.8. The van der Waals surface area contributed by atoms with Crippen LogP contribution in [0.25, 0.3) is 0 Å². The van der Waals surface area contributed by atoms with Crippen molar-refractivity contribution >= 4 is 33.2 Å². The zero-order chi connectivity index (χ0) is 18.5. The molecule has 0 unspecified atom stereocenters. The number of aryl methyl sites for hydroxylation is 1. The average molecular weight is 419 g/mol. The fourth-order valence-electron chi connectivity index (χ4n) is 3.23. The Kier molecular flexibility index (Phi) is 6.16. The molecular weight excluding hydrogens is 394 g/mol. The number of amides is 1. The van der Waals surface area contributed by atoms with Crippen LogP contribution in [0.1, 0.15) is 5.56 Å². The van der Waals surface area contributed by atoms with Gasteiger partial charge in [0, 0.05) is 10.2 Å². The number of quaternary nitrogens is 1. The maximum Gasteiger partial charge on any atom is 0.279 e. The van der Waals surface area contributed by atoms with Crippen LogP contribution in [-0.2, 0) is 4.79 Å². The highest BCUT2D eigenvalue weighted by Gasteiger charge is 2.23. The van der Waals surface area contributed by atoms with E-state index in [0.717, 1.165) is 53.3 Å². The molecule has 0 aliphatic carbocycles. The Morgan fingerprint density at radius 2 is 1.96 bits per heavy atom. The number of piperazine rings is 1. The Labute approximate surface area is 163 Å². The minimum absolute atomic E-state index is 0.0569. The molecule has 1 amide bonds. The van der Waals surface area contributed by atoms with Crippen molar-refractivity contribution in [1.29, 1.82) is 0 Å². The SMILES string of the molecule is COc1ccccc1N1CC[NH+](CC(=O)Nc2ccc(C)c(Br)c2)CC1. The topological polar surface area (TPSA) is 46.0 Å². The van der Waals surface area contributed by atoms with Crippen LogP contribution in [0.3, 0.4) is 0 Å². The molecule has 1 heterocycles. The van der Waals surface area contributed by atoms with Crippen molar-refractivity contribution in [2.24, 2.45) is 0 Å². The smallest absolute Gasteiger partial charge is 0.279 e. The number of rotatable bonds is 5. The lowest BCUT2D eigenvalue weighted by atomic mass is 10.2. The number of halogens is 1. The summed E-state index contributed by atoms with van der Waals surface area (Å²) in [5.41, 5.74) is 3.11. The van der Waals surface area contributed by atoms with Gasteiger partial charge in [0.2, 0.25) is 0 Å². The maximum absolute atomic E-state index is 12.3. The molecule has 3 rings (SSSR count). The van der Waals surface area contributed by atoms with Gasteiger partial charge >= 0.3 is 0 Å². The summed E-state index contributed by atoms with van der Waals surface area (Å²) in [5.74, 6) is 0.958. The third-order valence-electron chi connectivity index (χ3n) is 4.76. The summed E-state index contributed by atoms with van der Waals surface area (Å²) in [4.78, 5) is 16.0. The number of para-hydroxylation sites is 2. The Morgan fingerprint density at radius 3 is 2.65 bits per heavy atom. The van der Waals surface area contributed by atoms with Gasteiger partial charge in [-0.15, -0.1) is 0 Å². The van der Waals surface area contributed by atoms with Gasteiger partial charge in [-0.2, -0.15) is 0 Å². The summed E-state index contributed by atoms with van der Waals surface area (Å²) in [6.07, 6.45) is 0. The minimum Gasteiger partial charge on any atom is -0.495 e. The van der Waals surface area contributed by atoms with Crippen molar-refractivity contribution in [3.05, 3.63) is 52.5 Å². The van der Waals surface area contributed by atoms with Gasteiger partial charge in [-0.25, -0.2) is 0 Å². The molecule has 26 heavy (non-hydrogen) atoms. The number of carbonyl (C=O) groups is 1. The lowest BCUT2D eigenvalue weighted by molar-refractivity contribution is -0.892. The molecule has 0 atom stereocenters. The van der Waals surface area contributed by atoms with Gasteiger partial charge in [-0.05, 0) is 36.8 Å². The summed E-state index contributed by atoms with van der Waals surface area (Å²) in [6, 6.07) is 14.0. The highest BCUT2D eigenvalue weighted by Crippen LogP contribution is 2.27. The lowest BCUT2D eigenvalue weighted by Gasteiger charge is -2.34. The first-order valence-corrected chi connectivity index (χ1v) is 9.63. The number of hydrogen-bond donors (Lipinski definition) is 2. The van der Waals surface area contributed by atoms with E-state index in [1.165, 1.54) is 4.90 Å². The van der Waals surface area contributed by atoms with Crippen molar-refractivity contribution in [1.82, 2.24) is 0 Å². The minimum atomic E-state index is 0.0569. The predicted octanol–water partition coefficient (Wildman–Crippen LogP) is 2.11. The quantitative estimate of drug-likeness (QED) is 0.781. The van der Waals surface area contributed by atoms with Gasteiger partial charge in [-0.3, -0.25) is 4.79 Å². The molecule has 1 aliphatic heterocycles. The summed E-state index contributed by atoms with van der Waals surface area (Å²) < 4.78 is 6.47. The zero-order valence-electron chi connectivity index (χ0n) is 15.2. The molecule has 5 nitrogen and oxygen atoms in total. The number of methoxy groups -OCH3 is 1.